The van der Waals surface area contributed by atoms with E-state index in [1.54, 1.807) is 21.3 Å². The lowest BCUT2D eigenvalue weighted by atomic mass is 10.2. The zero-order valence-corrected chi connectivity index (χ0v) is 13.1. The Morgan fingerprint density at radius 2 is 1.50 bits per heavy atom. The molecule has 0 fully saturated rings. The van der Waals surface area contributed by atoms with E-state index in [2.05, 4.69) is 0 Å². The van der Waals surface area contributed by atoms with Crippen LogP contribution in [-0.2, 0) is 13.2 Å². The molecule has 0 bridgehead atoms. The topological polar surface area (TPSA) is 62.9 Å². The summed E-state index contributed by atoms with van der Waals surface area (Å²) in [5.41, 5.74) is 7.60. The average Bonchev–Trinajstić information content (AvgIpc) is 2.58. The first-order chi connectivity index (χ1) is 10.7. The molecule has 0 atom stereocenters. The SMILES string of the molecule is COc1cc(COc2ccccc2CN)cc(OC)c1OC. The molecule has 0 saturated heterocycles. The Balaban J connectivity index is 2.22. The van der Waals surface area contributed by atoms with Crippen molar-refractivity contribution in [2.45, 2.75) is 13.2 Å². The number of nitrogens with two attached hydrogens (primary N) is 1. The molecule has 22 heavy (non-hydrogen) atoms. The zero-order chi connectivity index (χ0) is 15.9. The molecule has 118 valence electrons. The molecule has 0 radical (unpaired) electrons. The number of benzene rings is 2. The van der Waals surface area contributed by atoms with Crippen LogP contribution in [0.2, 0.25) is 0 Å². The van der Waals surface area contributed by atoms with E-state index in [0.29, 0.717) is 30.4 Å². The van der Waals surface area contributed by atoms with Crippen molar-refractivity contribution < 1.29 is 18.9 Å². The molecule has 2 aromatic rings. The fourth-order valence-electron chi connectivity index (χ4n) is 2.19. The van der Waals surface area contributed by atoms with Crippen molar-refractivity contribution in [2.75, 3.05) is 21.3 Å². The van der Waals surface area contributed by atoms with Crippen LogP contribution in [0.15, 0.2) is 36.4 Å². The first-order valence-corrected chi connectivity index (χ1v) is 6.93. The normalized spacial score (nSPS) is 10.2. The minimum absolute atomic E-state index is 0.383. The summed E-state index contributed by atoms with van der Waals surface area (Å²) in [6.07, 6.45) is 0. The molecule has 0 spiro atoms. The molecule has 0 heterocycles. The minimum Gasteiger partial charge on any atom is -0.493 e. The maximum atomic E-state index is 5.85. The number of methoxy groups -OCH3 is 3. The van der Waals surface area contributed by atoms with Crippen molar-refractivity contribution >= 4 is 0 Å². The second kappa shape index (κ2) is 7.56. The Morgan fingerprint density at radius 1 is 0.864 bits per heavy atom. The third-order valence-electron chi connectivity index (χ3n) is 3.31. The van der Waals surface area contributed by atoms with E-state index in [0.717, 1.165) is 16.9 Å². The summed E-state index contributed by atoms with van der Waals surface area (Å²) in [5.74, 6) is 2.55. The van der Waals surface area contributed by atoms with Gasteiger partial charge in [-0.25, -0.2) is 0 Å². The fraction of sp³-hybridized carbons (Fsp3) is 0.294. The quantitative estimate of drug-likeness (QED) is 0.852. The van der Waals surface area contributed by atoms with Crippen molar-refractivity contribution in [3.05, 3.63) is 47.5 Å². The maximum Gasteiger partial charge on any atom is 0.203 e. The first-order valence-electron chi connectivity index (χ1n) is 6.93. The summed E-state index contributed by atoms with van der Waals surface area (Å²) in [4.78, 5) is 0. The summed E-state index contributed by atoms with van der Waals surface area (Å²) in [7, 11) is 4.76. The monoisotopic (exact) mass is 303 g/mol. The van der Waals surface area contributed by atoms with Gasteiger partial charge in [0.25, 0.3) is 0 Å². The van der Waals surface area contributed by atoms with Gasteiger partial charge in [-0.1, -0.05) is 18.2 Å². The highest BCUT2D eigenvalue weighted by atomic mass is 16.5. The van der Waals surface area contributed by atoms with E-state index in [-0.39, 0.29) is 0 Å². The van der Waals surface area contributed by atoms with Gasteiger partial charge >= 0.3 is 0 Å². The van der Waals surface area contributed by atoms with Crippen molar-refractivity contribution in [1.82, 2.24) is 0 Å². The molecule has 0 saturated carbocycles. The highest BCUT2D eigenvalue weighted by Crippen LogP contribution is 2.38. The van der Waals surface area contributed by atoms with Gasteiger partial charge in [0.15, 0.2) is 11.5 Å². The van der Waals surface area contributed by atoms with Gasteiger partial charge in [0.05, 0.1) is 21.3 Å². The van der Waals surface area contributed by atoms with Crippen LogP contribution in [0, 0.1) is 0 Å². The molecule has 5 heteroatoms. The zero-order valence-electron chi connectivity index (χ0n) is 13.1. The molecule has 5 nitrogen and oxygen atoms in total. The molecular weight excluding hydrogens is 282 g/mol. The number of rotatable bonds is 7. The van der Waals surface area contributed by atoms with E-state index < -0.39 is 0 Å². The van der Waals surface area contributed by atoms with Gasteiger partial charge in [0, 0.05) is 12.1 Å². The van der Waals surface area contributed by atoms with Crippen molar-refractivity contribution in [3.8, 4) is 23.0 Å². The van der Waals surface area contributed by atoms with Gasteiger partial charge < -0.3 is 24.7 Å². The summed E-state index contributed by atoms with van der Waals surface area (Å²) < 4.78 is 21.8. The highest BCUT2D eigenvalue weighted by molar-refractivity contribution is 5.53. The molecule has 2 rings (SSSR count). The average molecular weight is 303 g/mol. The molecule has 0 aliphatic heterocycles. The summed E-state index contributed by atoms with van der Waals surface area (Å²) in [5, 5.41) is 0. The van der Waals surface area contributed by atoms with Crippen LogP contribution < -0.4 is 24.7 Å². The summed E-state index contributed by atoms with van der Waals surface area (Å²) in [6.45, 7) is 0.819. The molecular formula is C17H21NO4. The van der Waals surface area contributed by atoms with Crippen LogP contribution in [0.5, 0.6) is 23.0 Å². The molecule has 0 aliphatic rings. The highest BCUT2D eigenvalue weighted by Gasteiger charge is 2.13. The van der Waals surface area contributed by atoms with E-state index in [1.807, 2.05) is 36.4 Å². The van der Waals surface area contributed by atoms with Gasteiger partial charge in [0.1, 0.15) is 12.4 Å². The number of hydrogen-bond donors (Lipinski definition) is 1. The maximum absolute atomic E-state index is 5.85. The fourth-order valence-corrected chi connectivity index (χ4v) is 2.19. The van der Waals surface area contributed by atoms with Gasteiger partial charge in [-0.2, -0.15) is 0 Å². The van der Waals surface area contributed by atoms with Crippen LogP contribution in [-0.4, -0.2) is 21.3 Å². The largest absolute Gasteiger partial charge is 0.493 e. The summed E-state index contributed by atoms with van der Waals surface area (Å²) >= 11 is 0. The molecule has 2 aromatic carbocycles. The van der Waals surface area contributed by atoms with Crippen LogP contribution in [0.1, 0.15) is 11.1 Å². The molecule has 2 N–H and O–H groups in total. The Kier molecular flexibility index (Phi) is 5.49. The predicted octanol–water partition coefficient (Wildman–Crippen LogP) is 2.75. The van der Waals surface area contributed by atoms with Crippen LogP contribution in [0.4, 0.5) is 0 Å². The standard InChI is InChI=1S/C17H21NO4/c1-19-15-8-12(9-16(20-2)17(15)21-3)11-22-14-7-5-4-6-13(14)10-18/h4-9H,10-11,18H2,1-3H3. The summed E-state index contributed by atoms with van der Waals surface area (Å²) in [6, 6.07) is 11.4. The van der Waals surface area contributed by atoms with Crippen LogP contribution >= 0.6 is 0 Å². The predicted molar refractivity (Wildman–Crippen MR) is 84.8 cm³/mol. The Morgan fingerprint density at radius 3 is 2.05 bits per heavy atom. The van der Waals surface area contributed by atoms with Crippen molar-refractivity contribution in [2.24, 2.45) is 5.73 Å². The molecule has 0 aromatic heterocycles. The lowest BCUT2D eigenvalue weighted by molar-refractivity contribution is 0.296. The Labute approximate surface area is 130 Å². The number of ether oxygens (including phenoxy) is 4. The van der Waals surface area contributed by atoms with Crippen LogP contribution in [0.25, 0.3) is 0 Å². The van der Waals surface area contributed by atoms with E-state index in [4.69, 9.17) is 24.7 Å². The molecule has 0 unspecified atom stereocenters. The van der Waals surface area contributed by atoms with E-state index >= 15 is 0 Å². The molecule has 0 amide bonds. The smallest absolute Gasteiger partial charge is 0.203 e. The van der Waals surface area contributed by atoms with Crippen molar-refractivity contribution in [1.29, 1.82) is 0 Å². The second-order valence-electron chi connectivity index (χ2n) is 4.63. The van der Waals surface area contributed by atoms with E-state index in [9.17, 15) is 0 Å². The van der Waals surface area contributed by atoms with Gasteiger partial charge in [-0.15, -0.1) is 0 Å². The Hall–Kier alpha value is -2.40. The Bertz CT molecular complexity index is 603. The minimum atomic E-state index is 0.383. The van der Waals surface area contributed by atoms with E-state index in [1.165, 1.54) is 0 Å². The molecule has 0 aliphatic carbocycles. The van der Waals surface area contributed by atoms with Gasteiger partial charge in [0.2, 0.25) is 5.75 Å². The first kappa shape index (κ1) is 16.0. The van der Waals surface area contributed by atoms with Gasteiger partial charge in [-0.3, -0.25) is 0 Å². The van der Waals surface area contributed by atoms with Crippen LogP contribution in [0.3, 0.4) is 0 Å². The third kappa shape index (κ3) is 3.43. The lowest BCUT2D eigenvalue weighted by Gasteiger charge is -2.15. The lowest BCUT2D eigenvalue weighted by Crippen LogP contribution is -2.03. The number of para-hydroxylation sites is 1. The third-order valence-corrected chi connectivity index (χ3v) is 3.31. The van der Waals surface area contributed by atoms with Crippen molar-refractivity contribution in [3.63, 3.8) is 0 Å². The second-order valence-corrected chi connectivity index (χ2v) is 4.63. The van der Waals surface area contributed by atoms with Gasteiger partial charge in [-0.05, 0) is 23.8 Å². The number of hydrogen-bond acceptors (Lipinski definition) is 5.